The van der Waals surface area contributed by atoms with Crippen LogP contribution in [0.2, 0.25) is 0 Å². The van der Waals surface area contributed by atoms with Crippen molar-refractivity contribution in [1.82, 2.24) is 14.9 Å². The van der Waals surface area contributed by atoms with Gasteiger partial charge in [0.2, 0.25) is 0 Å². The molecule has 94 valence electrons. The molecule has 0 aliphatic carbocycles. The number of hydrogen-bond acceptors (Lipinski definition) is 3. The van der Waals surface area contributed by atoms with E-state index in [1.54, 1.807) is 6.33 Å². The van der Waals surface area contributed by atoms with E-state index in [1.165, 1.54) is 0 Å². The summed E-state index contributed by atoms with van der Waals surface area (Å²) in [7, 11) is 0. The number of piperidine rings is 1. The quantitative estimate of drug-likeness (QED) is 0.828. The summed E-state index contributed by atoms with van der Waals surface area (Å²) in [5.41, 5.74) is 1.98. The molecule has 4 nitrogen and oxygen atoms in total. The highest BCUT2D eigenvalue weighted by molar-refractivity contribution is 5.77. The molecule has 2 heterocycles. The maximum absolute atomic E-state index is 12.5. The molecule has 1 aliphatic heterocycles. The van der Waals surface area contributed by atoms with Crippen molar-refractivity contribution >= 4 is 10.9 Å². The van der Waals surface area contributed by atoms with Crippen LogP contribution in [0.4, 0.5) is 0 Å². The summed E-state index contributed by atoms with van der Waals surface area (Å²) in [4.78, 5) is 16.9. The standard InChI is InChI=1S/C14H17N3O/c1-10-2-3-13-12(8-10)14(18)17(9-16-13)11-4-6-15-7-5-11/h2-3,8-9,11,15H,4-7H2,1H3. The molecule has 0 bridgehead atoms. The minimum absolute atomic E-state index is 0.0931. The van der Waals surface area contributed by atoms with Crippen LogP contribution in [0.1, 0.15) is 24.4 Å². The number of fused-ring (bicyclic) bond motifs is 1. The summed E-state index contributed by atoms with van der Waals surface area (Å²) in [5, 5.41) is 4.05. The summed E-state index contributed by atoms with van der Waals surface area (Å²) < 4.78 is 1.81. The Bertz CT molecular complexity index is 626. The van der Waals surface area contributed by atoms with E-state index in [1.807, 2.05) is 29.7 Å². The Balaban J connectivity index is 2.13. The first-order chi connectivity index (χ1) is 8.75. The van der Waals surface area contributed by atoms with E-state index in [0.717, 1.165) is 42.4 Å². The monoisotopic (exact) mass is 243 g/mol. The molecule has 3 rings (SSSR count). The molecule has 0 radical (unpaired) electrons. The highest BCUT2D eigenvalue weighted by Gasteiger charge is 2.17. The van der Waals surface area contributed by atoms with Crippen molar-refractivity contribution in [2.75, 3.05) is 13.1 Å². The average molecular weight is 243 g/mol. The molecule has 4 heteroatoms. The largest absolute Gasteiger partial charge is 0.317 e. The molecule has 1 aromatic carbocycles. The fourth-order valence-electron chi connectivity index (χ4n) is 2.59. The number of rotatable bonds is 1. The van der Waals surface area contributed by atoms with E-state index in [0.29, 0.717) is 0 Å². The zero-order valence-electron chi connectivity index (χ0n) is 10.5. The summed E-state index contributed by atoms with van der Waals surface area (Å²) in [6, 6.07) is 6.13. The zero-order chi connectivity index (χ0) is 12.5. The van der Waals surface area contributed by atoms with Gasteiger partial charge in [0.15, 0.2) is 0 Å². The maximum atomic E-state index is 12.5. The van der Waals surface area contributed by atoms with Crippen molar-refractivity contribution in [3.8, 4) is 0 Å². The van der Waals surface area contributed by atoms with E-state index in [-0.39, 0.29) is 11.6 Å². The van der Waals surface area contributed by atoms with E-state index in [4.69, 9.17) is 0 Å². The second-order valence-corrected chi connectivity index (χ2v) is 4.96. The Morgan fingerprint density at radius 1 is 1.33 bits per heavy atom. The highest BCUT2D eigenvalue weighted by Crippen LogP contribution is 2.17. The minimum atomic E-state index is 0.0931. The van der Waals surface area contributed by atoms with Gasteiger partial charge in [-0.1, -0.05) is 11.6 Å². The summed E-state index contributed by atoms with van der Waals surface area (Å²) in [6.07, 6.45) is 3.70. The lowest BCUT2D eigenvalue weighted by Gasteiger charge is -2.24. The van der Waals surface area contributed by atoms with Crippen molar-refractivity contribution < 1.29 is 0 Å². The van der Waals surface area contributed by atoms with E-state index >= 15 is 0 Å². The normalized spacial score (nSPS) is 17.2. The van der Waals surface area contributed by atoms with E-state index in [9.17, 15) is 4.79 Å². The number of nitrogens with one attached hydrogen (secondary N) is 1. The van der Waals surface area contributed by atoms with Crippen LogP contribution in [0.15, 0.2) is 29.3 Å². The molecule has 0 spiro atoms. The number of aryl methyl sites for hydroxylation is 1. The van der Waals surface area contributed by atoms with Crippen LogP contribution in [-0.2, 0) is 0 Å². The van der Waals surface area contributed by atoms with Crippen LogP contribution in [0, 0.1) is 6.92 Å². The first kappa shape index (κ1) is 11.4. The zero-order valence-corrected chi connectivity index (χ0v) is 10.5. The molecule has 1 N–H and O–H groups in total. The number of benzene rings is 1. The molecule has 1 saturated heterocycles. The van der Waals surface area contributed by atoms with Crippen molar-refractivity contribution in [2.24, 2.45) is 0 Å². The molecule has 0 unspecified atom stereocenters. The Morgan fingerprint density at radius 2 is 2.11 bits per heavy atom. The molecular weight excluding hydrogens is 226 g/mol. The van der Waals surface area contributed by atoms with Crippen molar-refractivity contribution in [3.05, 3.63) is 40.4 Å². The Kier molecular flexibility index (Phi) is 2.88. The van der Waals surface area contributed by atoms with Crippen LogP contribution in [-0.4, -0.2) is 22.6 Å². The molecule has 1 aliphatic rings. The van der Waals surface area contributed by atoms with Gasteiger partial charge in [-0.25, -0.2) is 4.98 Å². The lowest BCUT2D eigenvalue weighted by atomic mass is 10.1. The summed E-state index contributed by atoms with van der Waals surface area (Å²) in [5.74, 6) is 0. The number of hydrogen-bond donors (Lipinski definition) is 1. The Labute approximate surface area is 106 Å². The van der Waals surface area contributed by atoms with Gasteiger partial charge in [0.05, 0.1) is 17.2 Å². The Hall–Kier alpha value is -1.68. The van der Waals surface area contributed by atoms with Gasteiger partial charge >= 0.3 is 0 Å². The topological polar surface area (TPSA) is 46.9 Å². The smallest absolute Gasteiger partial charge is 0.261 e. The van der Waals surface area contributed by atoms with Gasteiger partial charge in [-0.3, -0.25) is 9.36 Å². The molecule has 2 aromatic rings. The predicted molar refractivity (Wildman–Crippen MR) is 71.9 cm³/mol. The van der Waals surface area contributed by atoms with Crippen LogP contribution < -0.4 is 10.9 Å². The van der Waals surface area contributed by atoms with Crippen LogP contribution in [0.25, 0.3) is 10.9 Å². The second kappa shape index (κ2) is 4.53. The van der Waals surface area contributed by atoms with Crippen molar-refractivity contribution in [1.29, 1.82) is 0 Å². The third kappa shape index (κ3) is 1.93. The van der Waals surface area contributed by atoms with Gasteiger partial charge in [0.1, 0.15) is 0 Å². The van der Waals surface area contributed by atoms with Crippen molar-refractivity contribution in [2.45, 2.75) is 25.8 Å². The second-order valence-electron chi connectivity index (χ2n) is 4.96. The molecule has 0 saturated carbocycles. The molecule has 1 aromatic heterocycles. The maximum Gasteiger partial charge on any atom is 0.261 e. The van der Waals surface area contributed by atoms with Crippen LogP contribution in [0.5, 0.6) is 0 Å². The van der Waals surface area contributed by atoms with Gasteiger partial charge in [-0.05, 0) is 45.0 Å². The molecule has 0 amide bonds. The first-order valence-corrected chi connectivity index (χ1v) is 6.44. The van der Waals surface area contributed by atoms with Gasteiger partial charge in [-0.15, -0.1) is 0 Å². The van der Waals surface area contributed by atoms with Gasteiger partial charge in [0.25, 0.3) is 5.56 Å². The van der Waals surface area contributed by atoms with Crippen LogP contribution in [0.3, 0.4) is 0 Å². The number of nitrogens with zero attached hydrogens (tertiary/aromatic N) is 2. The molecule has 1 fully saturated rings. The highest BCUT2D eigenvalue weighted by atomic mass is 16.1. The summed E-state index contributed by atoms with van der Waals surface area (Å²) >= 11 is 0. The molecule has 18 heavy (non-hydrogen) atoms. The van der Waals surface area contributed by atoms with E-state index in [2.05, 4.69) is 10.3 Å². The van der Waals surface area contributed by atoms with Crippen molar-refractivity contribution in [3.63, 3.8) is 0 Å². The summed E-state index contributed by atoms with van der Waals surface area (Å²) in [6.45, 7) is 3.95. The van der Waals surface area contributed by atoms with Crippen LogP contribution >= 0.6 is 0 Å². The first-order valence-electron chi connectivity index (χ1n) is 6.44. The average Bonchev–Trinajstić information content (AvgIpc) is 2.41. The third-order valence-electron chi connectivity index (χ3n) is 3.64. The van der Waals surface area contributed by atoms with Gasteiger partial charge in [-0.2, -0.15) is 0 Å². The van der Waals surface area contributed by atoms with E-state index < -0.39 is 0 Å². The SMILES string of the molecule is Cc1ccc2ncn(C3CCNCC3)c(=O)c2c1. The predicted octanol–water partition coefficient (Wildman–Crippen LogP) is 1.63. The lowest BCUT2D eigenvalue weighted by molar-refractivity contribution is 0.359. The van der Waals surface area contributed by atoms with Gasteiger partial charge in [0, 0.05) is 6.04 Å². The molecular formula is C14H17N3O. The number of aromatic nitrogens is 2. The lowest BCUT2D eigenvalue weighted by Crippen LogP contribution is -2.34. The Morgan fingerprint density at radius 3 is 2.89 bits per heavy atom. The minimum Gasteiger partial charge on any atom is -0.317 e. The fraction of sp³-hybridized carbons (Fsp3) is 0.429. The molecule has 0 atom stereocenters. The fourth-order valence-corrected chi connectivity index (χ4v) is 2.59. The van der Waals surface area contributed by atoms with Gasteiger partial charge < -0.3 is 5.32 Å². The third-order valence-corrected chi connectivity index (χ3v) is 3.64.